The highest BCUT2D eigenvalue weighted by atomic mass is 35.5. The van der Waals surface area contributed by atoms with Gasteiger partial charge < -0.3 is 5.32 Å². The zero-order valence-electron chi connectivity index (χ0n) is 8.41. The Morgan fingerprint density at radius 2 is 2.13 bits per heavy atom. The van der Waals surface area contributed by atoms with E-state index in [1.54, 1.807) is 6.92 Å². The highest BCUT2D eigenvalue weighted by molar-refractivity contribution is 6.30. The second-order valence-corrected chi connectivity index (χ2v) is 4.31. The first-order valence-corrected chi connectivity index (χ1v) is 5.33. The van der Waals surface area contributed by atoms with E-state index in [0.29, 0.717) is 12.1 Å². The van der Waals surface area contributed by atoms with Crippen molar-refractivity contribution in [3.05, 3.63) is 33.9 Å². The van der Waals surface area contributed by atoms with Crippen LogP contribution in [0.2, 0.25) is 5.02 Å². The second-order valence-electron chi connectivity index (χ2n) is 3.91. The lowest BCUT2D eigenvalue weighted by Crippen LogP contribution is -2.11. The number of hydrogen-bond donors (Lipinski definition) is 1. The molecule has 1 aromatic carbocycles. The summed E-state index contributed by atoms with van der Waals surface area (Å²) >= 11 is 5.71. The van der Waals surface area contributed by atoms with Crippen LogP contribution in [0.3, 0.4) is 0 Å². The number of nitrogens with one attached hydrogen (secondary N) is 1. The van der Waals surface area contributed by atoms with E-state index in [1.807, 2.05) is 0 Å². The lowest BCUT2D eigenvalue weighted by atomic mass is 9.95. The van der Waals surface area contributed by atoms with Gasteiger partial charge in [0.25, 0.3) is 0 Å². The fourth-order valence-electron chi connectivity index (χ4n) is 2.01. The average molecular weight is 232 g/mol. The molecule has 0 amide bonds. The van der Waals surface area contributed by atoms with E-state index in [4.69, 9.17) is 11.6 Å². The topological polar surface area (TPSA) is 12.0 Å². The van der Waals surface area contributed by atoms with Gasteiger partial charge in [-0.15, -0.1) is 0 Å². The minimum Gasteiger partial charge on any atom is -0.316 e. The fourth-order valence-corrected chi connectivity index (χ4v) is 2.28. The molecule has 1 nitrogen and oxygen atoms in total. The van der Waals surface area contributed by atoms with Crippen molar-refractivity contribution in [1.82, 2.24) is 5.32 Å². The third-order valence-corrected chi connectivity index (χ3v) is 3.12. The van der Waals surface area contributed by atoms with Crippen LogP contribution in [0.4, 0.5) is 8.78 Å². The summed E-state index contributed by atoms with van der Waals surface area (Å²) in [7, 11) is 0. The predicted octanol–water partition coefficient (Wildman–Crippen LogP) is 3.00. The first kappa shape index (κ1) is 10.8. The molecule has 1 unspecified atom stereocenters. The molecule has 4 heteroatoms. The van der Waals surface area contributed by atoms with Crippen molar-refractivity contribution in [2.75, 3.05) is 13.1 Å². The molecule has 0 aromatic heterocycles. The van der Waals surface area contributed by atoms with Crippen LogP contribution in [0.5, 0.6) is 0 Å². The molecular weight excluding hydrogens is 220 g/mol. The molecule has 1 aliphatic rings. The molecule has 0 spiro atoms. The molecule has 1 aliphatic heterocycles. The van der Waals surface area contributed by atoms with E-state index in [0.717, 1.165) is 13.0 Å². The summed E-state index contributed by atoms with van der Waals surface area (Å²) in [6, 6.07) is 1.33. The Hall–Kier alpha value is -0.670. The van der Waals surface area contributed by atoms with Gasteiger partial charge in [-0.05, 0) is 31.5 Å². The Bertz CT molecular complexity index is 360. The van der Waals surface area contributed by atoms with Gasteiger partial charge in [0.2, 0.25) is 0 Å². The van der Waals surface area contributed by atoms with Gasteiger partial charge in [-0.1, -0.05) is 11.6 Å². The van der Waals surface area contributed by atoms with Crippen molar-refractivity contribution in [3.8, 4) is 0 Å². The minimum absolute atomic E-state index is 0.0100. The lowest BCUT2D eigenvalue weighted by Gasteiger charge is -2.14. The van der Waals surface area contributed by atoms with Crippen molar-refractivity contribution in [2.24, 2.45) is 0 Å². The van der Waals surface area contributed by atoms with Crippen LogP contribution in [-0.4, -0.2) is 13.1 Å². The number of hydrogen-bond acceptors (Lipinski definition) is 1. The molecule has 1 aromatic rings. The zero-order chi connectivity index (χ0) is 11.0. The van der Waals surface area contributed by atoms with Crippen LogP contribution >= 0.6 is 11.6 Å². The average Bonchev–Trinajstić information content (AvgIpc) is 2.69. The van der Waals surface area contributed by atoms with Gasteiger partial charge in [-0.2, -0.15) is 0 Å². The number of aryl methyl sites for hydroxylation is 1. The molecule has 82 valence electrons. The molecule has 1 saturated heterocycles. The summed E-state index contributed by atoms with van der Waals surface area (Å²) in [4.78, 5) is 0. The van der Waals surface area contributed by atoms with Crippen molar-refractivity contribution in [2.45, 2.75) is 19.3 Å². The van der Waals surface area contributed by atoms with E-state index in [-0.39, 0.29) is 16.5 Å². The molecule has 0 bridgehead atoms. The van der Waals surface area contributed by atoms with Crippen molar-refractivity contribution in [3.63, 3.8) is 0 Å². The quantitative estimate of drug-likeness (QED) is 0.733. The molecule has 0 radical (unpaired) electrons. The normalized spacial score (nSPS) is 20.9. The van der Waals surface area contributed by atoms with E-state index in [9.17, 15) is 8.78 Å². The number of benzene rings is 1. The van der Waals surface area contributed by atoms with Gasteiger partial charge in [0.1, 0.15) is 11.6 Å². The van der Waals surface area contributed by atoms with E-state index in [1.165, 1.54) is 6.07 Å². The van der Waals surface area contributed by atoms with Gasteiger partial charge >= 0.3 is 0 Å². The van der Waals surface area contributed by atoms with Crippen LogP contribution in [0, 0.1) is 18.6 Å². The maximum Gasteiger partial charge on any atom is 0.148 e. The molecule has 0 aliphatic carbocycles. The Morgan fingerprint density at radius 3 is 2.73 bits per heavy atom. The van der Waals surface area contributed by atoms with Crippen molar-refractivity contribution < 1.29 is 8.78 Å². The predicted molar refractivity (Wildman–Crippen MR) is 56.3 cm³/mol. The molecular formula is C11H12ClF2N. The maximum atomic E-state index is 13.8. The lowest BCUT2D eigenvalue weighted by molar-refractivity contribution is 0.527. The van der Waals surface area contributed by atoms with E-state index < -0.39 is 11.6 Å². The van der Waals surface area contributed by atoms with Crippen LogP contribution in [0.25, 0.3) is 0 Å². The van der Waals surface area contributed by atoms with Crippen molar-refractivity contribution in [1.29, 1.82) is 0 Å². The van der Waals surface area contributed by atoms with Crippen LogP contribution in [0.1, 0.15) is 23.5 Å². The standard InChI is InChI=1S/C11H12ClF2N/c1-6-4-8(12)11(14)9(10(6)13)7-2-3-15-5-7/h4,7,15H,2-3,5H2,1H3. The Balaban J connectivity index is 2.52. The highest BCUT2D eigenvalue weighted by Gasteiger charge is 2.26. The summed E-state index contributed by atoms with van der Waals surface area (Å²) in [6.07, 6.45) is 0.758. The van der Waals surface area contributed by atoms with Gasteiger partial charge in [0, 0.05) is 18.0 Å². The Labute approximate surface area is 92.4 Å². The Kier molecular flexibility index (Phi) is 2.94. The fraction of sp³-hybridized carbons (Fsp3) is 0.455. The summed E-state index contributed by atoms with van der Waals surface area (Å²) in [5.41, 5.74) is 0.549. The maximum absolute atomic E-state index is 13.8. The smallest absolute Gasteiger partial charge is 0.148 e. The van der Waals surface area contributed by atoms with Crippen LogP contribution in [0.15, 0.2) is 6.07 Å². The van der Waals surface area contributed by atoms with Gasteiger partial charge in [0.15, 0.2) is 0 Å². The first-order chi connectivity index (χ1) is 7.11. The first-order valence-electron chi connectivity index (χ1n) is 4.96. The molecule has 0 saturated carbocycles. The molecule has 2 rings (SSSR count). The minimum atomic E-state index is -0.603. The van der Waals surface area contributed by atoms with Gasteiger partial charge in [-0.3, -0.25) is 0 Å². The Morgan fingerprint density at radius 1 is 1.40 bits per heavy atom. The molecule has 1 fully saturated rings. The second kappa shape index (κ2) is 4.06. The SMILES string of the molecule is Cc1cc(Cl)c(F)c(C2CCNC2)c1F. The molecule has 1 heterocycles. The largest absolute Gasteiger partial charge is 0.316 e. The monoisotopic (exact) mass is 231 g/mol. The third kappa shape index (κ3) is 1.86. The van der Waals surface area contributed by atoms with Crippen molar-refractivity contribution >= 4 is 11.6 Å². The summed E-state index contributed by atoms with van der Waals surface area (Å²) < 4.78 is 27.5. The third-order valence-electron chi connectivity index (χ3n) is 2.84. The zero-order valence-corrected chi connectivity index (χ0v) is 9.17. The molecule has 15 heavy (non-hydrogen) atoms. The van der Waals surface area contributed by atoms with Gasteiger partial charge in [0.05, 0.1) is 5.02 Å². The van der Waals surface area contributed by atoms with Crippen LogP contribution < -0.4 is 5.32 Å². The summed E-state index contributed by atoms with van der Waals surface area (Å²) in [5, 5.41) is 3.10. The summed E-state index contributed by atoms with van der Waals surface area (Å²) in [5.74, 6) is -1.15. The van der Waals surface area contributed by atoms with E-state index >= 15 is 0 Å². The van der Waals surface area contributed by atoms with E-state index in [2.05, 4.69) is 5.32 Å². The number of halogens is 3. The summed E-state index contributed by atoms with van der Waals surface area (Å²) in [6.45, 7) is 3.02. The molecule has 1 atom stereocenters. The molecule has 1 N–H and O–H groups in total. The number of rotatable bonds is 1. The van der Waals surface area contributed by atoms with Crippen LogP contribution in [-0.2, 0) is 0 Å². The highest BCUT2D eigenvalue weighted by Crippen LogP contribution is 2.32. The van der Waals surface area contributed by atoms with Gasteiger partial charge in [-0.25, -0.2) is 8.78 Å².